The van der Waals surface area contributed by atoms with Gasteiger partial charge < -0.3 is 9.84 Å². The van der Waals surface area contributed by atoms with Crippen LogP contribution in [0.2, 0.25) is 0 Å². The van der Waals surface area contributed by atoms with Gasteiger partial charge >= 0.3 is 5.97 Å². The Hall–Kier alpha value is -5.15. The highest BCUT2D eigenvalue weighted by atomic mass is 16.5. The maximum absolute atomic E-state index is 11.7. The molecule has 0 aromatic heterocycles. The van der Waals surface area contributed by atoms with Crippen LogP contribution >= 0.6 is 0 Å². The summed E-state index contributed by atoms with van der Waals surface area (Å²) in [6.45, 7) is 3.48. The second kappa shape index (κ2) is 8.71. The van der Waals surface area contributed by atoms with Gasteiger partial charge in [-0.2, -0.15) is 0 Å². The molecule has 0 saturated carbocycles. The predicted molar refractivity (Wildman–Crippen MR) is 156 cm³/mol. The van der Waals surface area contributed by atoms with E-state index in [2.05, 4.69) is 91.5 Å². The Bertz CT molecular complexity index is 1900. The van der Waals surface area contributed by atoms with Gasteiger partial charge in [0.1, 0.15) is 11.5 Å². The number of phenols is 1. The van der Waals surface area contributed by atoms with E-state index in [1.807, 2.05) is 24.3 Å². The van der Waals surface area contributed by atoms with Crippen molar-refractivity contribution in [3.63, 3.8) is 0 Å². The van der Waals surface area contributed by atoms with Crippen LogP contribution in [0, 0.1) is 0 Å². The molecule has 6 aromatic carbocycles. The minimum absolute atomic E-state index is 0.259. The largest absolute Gasteiger partial charge is 0.508 e. The van der Waals surface area contributed by atoms with E-state index in [1.165, 1.54) is 22.3 Å². The Kier molecular flexibility index (Phi) is 5.14. The first-order valence-electron chi connectivity index (χ1n) is 12.9. The van der Waals surface area contributed by atoms with Gasteiger partial charge in [-0.25, -0.2) is 4.79 Å². The SMILES string of the molecule is C=CC(=O)Oc1ccc2cc(C3(c4ccc5cc(O)ccc5c4)c4ccccc4-c4ccccc43)ccc2c1. The molecule has 0 spiro atoms. The molecule has 0 aliphatic heterocycles. The van der Waals surface area contributed by atoms with Crippen molar-refractivity contribution in [2.24, 2.45) is 0 Å². The Morgan fingerprint density at radius 3 is 1.77 bits per heavy atom. The van der Waals surface area contributed by atoms with Gasteiger partial charge in [-0.1, -0.05) is 91.5 Å². The number of rotatable bonds is 4. The van der Waals surface area contributed by atoms with Crippen LogP contribution in [0.1, 0.15) is 22.3 Å². The maximum Gasteiger partial charge on any atom is 0.335 e. The van der Waals surface area contributed by atoms with Gasteiger partial charge in [-0.05, 0) is 91.3 Å². The molecule has 0 heterocycles. The molecule has 39 heavy (non-hydrogen) atoms. The highest BCUT2D eigenvalue weighted by Gasteiger charge is 2.46. The third-order valence-electron chi connectivity index (χ3n) is 7.84. The number of carbonyl (C=O) groups is 1. The molecule has 0 amide bonds. The van der Waals surface area contributed by atoms with Crippen LogP contribution in [-0.4, -0.2) is 11.1 Å². The average Bonchev–Trinajstić information content (AvgIpc) is 3.28. The zero-order valence-corrected chi connectivity index (χ0v) is 21.1. The molecule has 0 saturated heterocycles. The van der Waals surface area contributed by atoms with Crippen LogP contribution in [0.25, 0.3) is 32.7 Å². The van der Waals surface area contributed by atoms with E-state index in [-0.39, 0.29) is 5.75 Å². The first-order valence-corrected chi connectivity index (χ1v) is 12.9. The van der Waals surface area contributed by atoms with E-state index in [0.29, 0.717) is 5.75 Å². The summed E-state index contributed by atoms with van der Waals surface area (Å²) in [7, 11) is 0. The van der Waals surface area contributed by atoms with Crippen LogP contribution in [0.15, 0.2) is 134 Å². The first-order chi connectivity index (χ1) is 19.1. The van der Waals surface area contributed by atoms with E-state index < -0.39 is 11.4 Å². The van der Waals surface area contributed by atoms with Crippen molar-refractivity contribution in [3.05, 3.63) is 156 Å². The van der Waals surface area contributed by atoms with Gasteiger partial charge in [0, 0.05) is 6.08 Å². The van der Waals surface area contributed by atoms with Gasteiger partial charge in [0.25, 0.3) is 0 Å². The smallest absolute Gasteiger partial charge is 0.335 e. The highest BCUT2D eigenvalue weighted by molar-refractivity contribution is 5.92. The lowest BCUT2D eigenvalue weighted by Gasteiger charge is -2.34. The molecule has 3 nitrogen and oxygen atoms in total. The zero-order chi connectivity index (χ0) is 26.6. The number of phenolic OH excluding ortho intramolecular Hbond substituents is 1. The van der Waals surface area contributed by atoms with E-state index in [1.54, 1.807) is 12.1 Å². The third kappa shape index (κ3) is 3.48. The summed E-state index contributed by atoms with van der Waals surface area (Å²) in [5.41, 5.74) is 6.70. The van der Waals surface area contributed by atoms with Gasteiger partial charge in [0.2, 0.25) is 0 Å². The summed E-state index contributed by atoms with van der Waals surface area (Å²) < 4.78 is 5.36. The van der Waals surface area contributed by atoms with Gasteiger partial charge in [0.05, 0.1) is 5.41 Å². The fourth-order valence-corrected chi connectivity index (χ4v) is 6.17. The molecule has 1 N–H and O–H groups in total. The van der Waals surface area contributed by atoms with Crippen molar-refractivity contribution >= 4 is 27.5 Å². The van der Waals surface area contributed by atoms with E-state index in [9.17, 15) is 9.90 Å². The minimum Gasteiger partial charge on any atom is -0.508 e. The van der Waals surface area contributed by atoms with Crippen molar-refractivity contribution in [2.75, 3.05) is 0 Å². The monoisotopic (exact) mass is 504 g/mol. The molecule has 1 aliphatic carbocycles. The molecule has 1 aliphatic rings. The van der Waals surface area contributed by atoms with E-state index in [0.717, 1.165) is 38.7 Å². The molecule has 0 bridgehead atoms. The molecule has 3 heteroatoms. The van der Waals surface area contributed by atoms with Crippen LogP contribution < -0.4 is 4.74 Å². The topological polar surface area (TPSA) is 46.5 Å². The van der Waals surface area contributed by atoms with Crippen LogP contribution in [0.4, 0.5) is 0 Å². The van der Waals surface area contributed by atoms with Crippen LogP contribution in [0.3, 0.4) is 0 Å². The number of ether oxygens (including phenoxy) is 1. The van der Waals surface area contributed by atoms with Crippen molar-refractivity contribution in [1.29, 1.82) is 0 Å². The van der Waals surface area contributed by atoms with Gasteiger partial charge in [0.15, 0.2) is 0 Å². The summed E-state index contributed by atoms with van der Waals surface area (Å²) >= 11 is 0. The molecule has 0 atom stereocenters. The Balaban J connectivity index is 1.52. The molecule has 0 unspecified atom stereocenters. The summed E-state index contributed by atoms with van der Waals surface area (Å²) in [6, 6.07) is 41.6. The normalized spacial score (nSPS) is 13.1. The zero-order valence-electron chi connectivity index (χ0n) is 21.1. The molecule has 7 rings (SSSR count). The quantitative estimate of drug-likeness (QED) is 0.149. The average molecular weight is 505 g/mol. The van der Waals surface area contributed by atoms with Crippen molar-refractivity contribution in [2.45, 2.75) is 5.41 Å². The minimum atomic E-state index is -0.540. The molecule has 0 fully saturated rings. The fraction of sp³-hybridized carbons (Fsp3) is 0.0278. The molecular weight excluding hydrogens is 480 g/mol. The fourth-order valence-electron chi connectivity index (χ4n) is 6.17. The van der Waals surface area contributed by atoms with Gasteiger partial charge in [-0.3, -0.25) is 0 Å². The van der Waals surface area contributed by atoms with Crippen molar-refractivity contribution in [3.8, 4) is 22.6 Å². The van der Waals surface area contributed by atoms with Crippen molar-refractivity contribution < 1.29 is 14.6 Å². The number of aromatic hydroxyl groups is 1. The third-order valence-corrected chi connectivity index (χ3v) is 7.84. The summed E-state index contributed by atoms with van der Waals surface area (Å²) in [4.78, 5) is 11.7. The summed E-state index contributed by atoms with van der Waals surface area (Å²) in [6.07, 6.45) is 1.16. The lowest BCUT2D eigenvalue weighted by Crippen LogP contribution is -2.28. The number of benzene rings is 6. The Morgan fingerprint density at radius 1 is 0.641 bits per heavy atom. The van der Waals surface area contributed by atoms with E-state index in [4.69, 9.17) is 4.74 Å². The molecule has 6 aromatic rings. The second-order valence-corrected chi connectivity index (χ2v) is 9.94. The number of esters is 1. The standard InChI is InChI=1S/C36H24O3/c1-2-35(38)39-30-18-14-24-20-28(16-12-26(24)22-30)36(27-15-11-25-21-29(37)17-13-23(25)19-27)33-9-5-3-7-31(33)32-8-4-6-10-34(32)36/h2-22,37H,1H2. The maximum atomic E-state index is 11.7. The number of hydrogen-bond acceptors (Lipinski definition) is 3. The number of fused-ring (bicyclic) bond motifs is 5. The Morgan fingerprint density at radius 2 is 1.15 bits per heavy atom. The first kappa shape index (κ1) is 23.0. The lowest BCUT2D eigenvalue weighted by molar-refractivity contribution is -0.128. The molecule has 0 radical (unpaired) electrons. The molecule has 186 valence electrons. The Labute approximate surface area is 226 Å². The van der Waals surface area contributed by atoms with E-state index >= 15 is 0 Å². The number of hydrogen-bond donors (Lipinski definition) is 1. The lowest BCUT2D eigenvalue weighted by atomic mass is 9.67. The van der Waals surface area contributed by atoms with Crippen molar-refractivity contribution in [1.82, 2.24) is 0 Å². The highest BCUT2D eigenvalue weighted by Crippen LogP contribution is 2.56. The second-order valence-electron chi connectivity index (χ2n) is 9.94. The van der Waals surface area contributed by atoms with Crippen LogP contribution in [-0.2, 0) is 10.2 Å². The van der Waals surface area contributed by atoms with Crippen LogP contribution in [0.5, 0.6) is 11.5 Å². The van der Waals surface area contributed by atoms with Gasteiger partial charge in [-0.15, -0.1) is 0 Å². The predicted octanol–water partition coefficient (Wildman–Crippen LogP) is 8.15. The number of carbonyl (C=O) groups excluding carboxylic acids is 1. The summed E-state index contributed by atoms with van der Waals surface area (Å²) in [5.74, 6) is 0.270. The molecular formula is C36H24O3. The summed E-state index contributed by atoms with van der Waals surface area (Å²) in [5, 5.41) is 14.2.